The molecule has 2 aromatic heterocycles. The summed E-state index contributed by atoms with van der Waals surface area (Å²) in [6, 6.07) is 2.01. The van der Waals surface area contributed by atoms with Gasteiger partial charge in [0.25, 0.3) is 0 Å². The van der Waals surface area contributed by atoms with Crippen molar-refractivity contribution >= 4 is 5.65 Å². The molecule has 1 aliphatic rings. The van der Waals surface area contributed by atoms with Crippen LogP contribution in [0.25, 0.3) is 5.65 Å². The van der Waals surface area contributed by atoms with Gasteiger partial charge in [-0.1, -0.05) is 52.9 Å². The van der Waals surface area contributed by atoms with Crippen LogP contribution < -0.4 is 0 Å². The maximum atomic E-state index is 4.87. The second-order valence-electron chi connectivity index (χ2n) is 7.17. The SMILES string of the molecule is CC(C)(C)c1nc2ccncn2c1CC1CCCCC1. The normalized spacial score (nSPS) is 17.8. The standard InChI is InChI=1S/C17H25N3/c1-17(2,3)16-14(11-13-7-5-4-6-8-13)20-12-18-10-9-15(20)19-16/h9-10,12-13H,4-8,11H2,1-3H3. The maximum Gasteiger partial charge on any atom is 0.140 e. The fourth-order valence-electron chi connectivity index (χ4n) is 3.41. The molecule has 3 nitrogen and oxygen atoms in total. The Labute approximate surface area is 121 Å². The Kier molecular flexibility index (Phi) is 3.53. The van der Waals surface area contributed by atoms with E-state index in [0.29, 0.717) is 0 Å². The largest absolute Gasteiger partial charge is 0.287 e. The van der Waals surface area contributed by atoms with Crippen molar-refractivity contribution < 1.29 is 0 Å². The average Bonchev–Trinajstić information content (AvgIpc) is 2.79. The molecule has 0 radical (unpaired) electrons. The summed E-state index contributed by atoms with van der Waals surface area (Å²) in [5.74, 6) is 0.824. The molecule has 0 N–H and O–H groups in total. The van der Waals surface area contributed by atoms with Crippen LogP contribution in [0.4, 0.5) is 0 Å². The van der Waals surface area contributed by atoms with Crippen molar-refractivity contribution in [2.75, 3.05) is 0 Å². The Hall–Kier alpha value is -1.38. The highest BCUT2D eigenvalue weighted by molar-refractivity contribution is 5.43. The van der Waals surface area contributed by atoms with Crippen LogP contribution in [0.3, 0.4) is 0 Å². The van der Waals surface area contributed by atoms with E-state index < -0.39 is 0 Å². The average molecular weight is 271 g/mol. The fourth-order valence-corrected chi connectivity index (χ4v) is 3.41. The van der Waals surface area contributed by atoms with Gasteiger partial charge in [-0.25, -0.2) is 9.97 Å². The topological polar surface area (TPSA) is 30.2 Å². The molecule has 0 atom stereocenters. The lowest BCUT2D eigenvalue weighted by Gasteiger charge is -2.24. The van der Waals surface area contributed by atoms with Crippen molar-refractivity contribution in [1.29, 1.82) is 0 Å². The van der Waals surface area contributed by atoms with Gasteiger partial charge in [-0.05, 0) is 18.4 Å². The van der Waals surface area contributed by atoms with Crippen molar-refractivity contribution in [2.45, 2.75) is 64.7 Å². The highest BCUT2D eigenvalue weighted by Gasteiger charge is 2.26. The monoisotopic (exact) mass is 271 g/mol. The molecule has 2 heterocycles. The molecule has 0 amide bonds. The Balaban J connectivity index is 2.01. The summed E-state index contributed by atoms with van der Waals surface area (Å²) in [6.07, 6.45) is 11.9. The number of rotatable bonds is 2. The summed E-state index contributed by atoms with van der Waals surface area (Å²) in [5.41, 5.74) is 3.76. The van der Waals surface area contributed by atoms with Crippen molar-refractivity contribution in [1.82, 2.24) is 14.4 Å². The highest BCUT2D eigenvalue weighted by atomic mass is 15.1. The van der Waals surface area contributed by atoms with E-state index >= 15 is 0 Å². The summed E-state index contributed by atoms with van der Waals surface area (Å²) < 4.78 is 2.20. The van der Waals surface area contributed by atoms with Gasteiger partial charge in [0.05, 0.1) is 5.69 Å². The van der Waals surface area contributed by atoms with E-state index in [2.05, 4.69) is 30.2 Å². The van der Waals surface area contributed by atoms with E-state index in [9.17, 15) is 0 Å². The quantitative estimate of drug-likeness (QED) is 0.821. The molecule has 0 aliphatic heterocycles. The van der Waals surface area contributed by atoms with Gasteiger partial charge in [-0.2, -0.15) is 0 Å². The molecule has 2 aromatic rings. The van der Waals surface area contributed by atoms with Gasteiger partial charge in [0, 0.05) is 17.3 Å². The van der Waals surface area contributed by atoms with Crippen LogP contribution in [-0.4, -0.2) is 14.4 Å². The molecule has 20 heavy (non-hydrogen) atoms. The van der Waals surface area contributed by atoms with Crippen molar-refractivity contribution in [3.63, 3.8) is 0 Å². The number of fused-ring (bicyclic) bond motifs is 1. The number of hydrogen-bond acceptors (Lipinski definition) is 2. The lowest BCUT2D eigenvalue weighted by molar-refractivity contribution is 0.351. The first-order chi connectivity index (χ1) is 9.55. The second kappa shape index (κ2) is 5.19. The number of imidazole rings is 1. The summed E-state index contributed by atoms with van der Waals surface area (Å²) in [4.78, 5) is 9.16. The molecule has 1 saturated carbocycles. The predicted molar refractivity (Wildman–Crippen MR) is 82.0 cm³/mol. The van der Waals surface area contributed by atoms with Gasteiger partial charge in [0.15, 0.2) is 0 Å². The zero-order valence-corrected chi connectivity index (χ0v) is 12.9. The lowest BCUT2D eigenvalue weighted by atomic mass is 9.83. The first kappa shape index (κ1) is 13.6. The molecule has 0 unspecified atom stereocenters. The number of hydrogen-bond donors (Lipinski definition) is 0. The number of nitrogens with zero attached hydrogens (tertiary/aromatic N) is 3. The number of aromatic nitrogens is 3. The predicted octanol–water partition coefficient (Wildman–Crippen LogP) is 4.15. The van der Waals surface area contributed by atoms with Gasteiger partial charge < -0.3 is 0 Å². The molecule has 0 bridgehead atoms. The molecule has 0 saturated heterocycles. The van der Waals surface area contributed by atoms with Crippen LogP contribution in [0, 0.1) is 5.92 Å². The third kappa shape index (κ3) is 2.58. The Morgan fingerprint density at radius 3 is 2.65 bits per heavy atom. The molecule has 0 spiro atoms. The Morgan fingerprint density at radius 2 is 1.95 bits per heavy atom. The maximum absolute atomic E-state index is 4.87. The minimum Gasteiger partial charge on any atom is -0.287 e. The van der Waals surface area contributed by atoms with Gasteiger partial charge in [-0.3, -0.25) is 4.40 Å². The zero-order valence-electron chi connectivity index (χ0n) is 12.9. The van der Waals surface area contributed by atoms with Crippen molar-refractivity contribution in [3.8, 4) is 0 Å². The first-order valence-corrected chi connectivity index (χ1v) is 7.87. The van der Waals surface area contributed by atoms with E-state index in [0.717, 1.165) is 18.0 Å². The Morgan fingerprint density at radius 1 is 1.20 bits per heavy atom. The van der Waals surface area contributed by atoms with Crippen LogP contribution >= 0.6 is 0 Å². The molecular weight excluding hydrogens is 246 g/mol. The van der Waals surface area contributed by atoms with E-state index in [-0.39, 0.29) is 5.41 Å². The van der Waals surface area contributed by atoms with Gasteiger partial charge in [0.1, 0.15) is 12.0 Å². The minimum absolute atomic E-state index is 0.0933. The van der Waals surface area contributed by atoms with Crippen LogP contribution in [0.5, 0.6) is 0 Å². The van der Waals surface area contributed by atoms with Crippen molar-refractivity contribution in [3.05, 3.63) is 30.0 Å². The summed E-state index contributed by atoms with van der Waals surface area (Å²) >= 11 is 0. The molecule has 108 valence electrons. The third-order valence-electron chi connectivity index (χ3n) is 4.45. The van der Waals surface area contributed by atoms with Crippen molar-refractivity contribution in [2.24, 2.45) is 5.92 Å². The zero-order chi connectivity index (χ0) is 14.2. The van der Waals surface area contributed by atoms with Crippen LogP contribution in [-0.2, 0) is 11.8 Å². The summed E-state index contributed by atoms with van der Waals surface area (Å²) in [7, 11) is 0. The smallest absolute Gasteiger partial charge is 0.140 e. The molecule has 1 aliphatic carbocycles. The van der Waals surface area contributed by atoms with Gasteiger partial charge in [0.2, 0.25) is 0 Å². The molecular formula is C17H25N3. The molecule has 3 rings (SSSR count). The minimum atomic E-state index is 0.0933. The second-order valence-corrected chi connectivity index (χ2v) is 7.17. The van der Waals surface area contributed by atoms with E-state index in [1.807, 2.05) is 18.6 Å². The molecule has 3 heteroatoms. The summed E-state index contributed by atoms with van der Waals surface area (Å²) in [5, 5.41) is 0. The van der Waals surface area contributed by atoms with Crippen LogP contribution in [0.15, 0.2) is 18.6 Å². The van der Waals surface area contributed by atoms with E-state index in [4.69, 9.17) is 4.98 Å². The van der Waals surface area contributed by atoms with E-state index in [1.54, 1.807) is 0 Å². The lowest BCUT2D eigenvalue weighted by Crippen LogP contribution is -2.18. The highest BCUT2D eigenvalue weighted by Crippen LogP contribution is 2.32. The molecule has 0 aromatic carbocycles. The Bertz CT molecular complexity index is 586. The van der Waals surface area contributed by atoms with Crippen LogP contribution in [0.2, 0.25) is 0 Å². The van der Waals surface area contributed by atoms with E-state index in [1.165, 1.54) is 43.5 Å². The van der Waals surface area contributed by atoms with Gasteiger partial charge >= 0.3 is 0 Å². The first-order valence-electron chi connectivity index (χ1n) is 7.87. The molecule has 1 fully saturated rings. The van der Waals surface area contributed by atoms with Gasteiger partial charge in [-0.15, -0.1) is 0 Å². The third-order valence-corrected chi connectivity index (χ3v) is 4.45. The fraction of sp³-hybridized carbons (Fsp3) is 0.647. The van der Waals surface area contributed by atoms with Crippen LogP contribution in [0.1, 0.15) is 64.3 Å². The summed E-state index contributed by atoms with van der Waals surface area (Å²) in [6.45, 7) is 6.77.